The quantitative estimate of drug-likeness (QED) is 0.851. The smallest absolute Gasteiger partial charge is 0.138 e. The van der Waals surface area contributed by atoms with Crippen molar-refractivity contribution in [3.63, 3.8) is 0 Å². The van der Waals surface area contributed by atoms with Crippen molar-refractivity contribution in [3.05, 3.63) is 27.3 Å². The summed E-state index contributed by atoms with van der Waals surface area (Å²) in [5.74, 6) is 0.172. The zero-order valence-corrected chi connectivity index (χ0v) is 11.1. The van der Waals surface area contributed by atoms with Gasteiger partial charge in [0, 0.05) is 12.0 Å². The highest BCUT2D eigenvalue weighted by molar-refractivity contribution is 6.33. The summed E-state index contributed by atoms with van der Waals surface area (Å²) >= 11 is 6.24. The molecular weight excluding hydrogens is 236 g/mol. The predicted octanol–water partition coefficient (Wildman–Crippen LogP) is 3.16. The van der Waals surface area contributed by atoms with Crippen LogP contribution in [0.25, 0.3) is 0 Å². The van der Waals surface area contributed by atoms with Gasteiger partial charge in [0.05, 0.1) is 11.1 Å². The fourth-order valence-corrected chi connectivity index (χ4v) is 3.06. The molecule has 1 aliphatic rings. The minimum atomic E-state index is -0.461. The highest BCUT2D eigenvalue weighted by Crippen LogP contribution is 2.40. The van der Waals surface area contributed by atoms with E-state index in [1.165, 1.54) is 12.0 Å². The second-order valence-corrected chi connectivity index (χ2v) is 5.36. The van der Waals surface area contributed by atoms with Crippen LogP contribution in [-0.4, -0.2) is 16.3 Å². The Kier molecular flexibility index (Phi) is 3.64. The minimum Gasteiger partial charge on any atom is -0.506 e. The number of fused-ring (bicyclic) bond motifs is 1. The van der Waals surface area contributed by atoms with Gasteiger partial charge >= 0.3 is 0 Å². The molecule has 0 radical (unpaired) electrons. The number of phenols is 1. The number of halogens is 1. The lowest BCUT2D eigenvalue weighted by molar-refractivity contribution is 0.194. The Morgan fingerprint density at radius 3 is 2.41 bits per heavy atom. The zero-order chi connectivity index (χ0) is 12.6. The van der Waals surface area contributed by atoms with Crippen molar-refractivity contribution >= 4 is 11.6 Å². The lowest BCUT2D eigenvalue weighted by Gasteiger charge is -2.24. The second kappa shape index (κ2) is 4.87. The van der Waals surface area contributed by atoms with Crippen molar-refractivity contribution < 1.29 is 10.2 Å². The molecule has 94 valence electrons. The molecule has 0 bridgehead atoms. The number of hydrogen-bond acceptors (Lipinski definition) is 2. The summed E-state index contributed by atoms with van der Waals surface area (Å²) in [5.41, 5.74) is 4.32. The maximum absolute atomic E-state index is 10.1. The monoisotopic (exact) mass is 254 g/mol. The number of aliphatic hydroxyl groups excluding tert-OH is 1. The van der Waals surface area contributed by atoms with Gasteiger partial charge in [-0.3, -0.25) is 0 Å². The Morgan fingerprint density at radius 1 is 1.24 bits per heavy atom. The molecule has 0 spiro atoms. The molecule has 0 aliphatic heterocycles. The topological polar surface area (TPSA) is 40.5 Å². The van der Waals surface area contributed by atoms with Gasteiger partial charge < -0.3 is 10.2 Å². The maximum atomic E-state index is 10.1. The Balaban J connectivity index is 2.57. The third kappa shape index (κ3) is 2.29. The number of benzene rings is 1. The minimum absolute atomic E-state index is 0.172. The predicted molar refractivity (Wildman–Crippen MR) is 69.9 cm³/mol. The summed E-state index contributed by atoms with van der Waals surface area (Å²) in [7, 11) is 0. The van der Waals surface area contributed by atoms with Crippen LogP contribution in [0.1, 0.15) is 42.0 Å². The first-order chi connectivity index (χ1) is 8.02. The van der Waals surface area contributed by atoms with E-state index in [1.54, 1.807) is 6.92 Å². The molecule has 1 atom stereocenters. The lowest BCUT2D eigenvalue weighted by Crippen LogP contribution is -2.12. The molecule has 1 aromatic carbocycles. The molecule has 0 fully saturated rings. The van der Waals surface area contributed by atoms with Gasteiger partial charge in [0.15, 0.2) is 0 Å². The van der Waals surface area contributed by atoms with E-state index in [-0.39, 0.29) is 5.75 Å². The second-order valence-electron chi connectivity index (χ2n) is 4.98. The highest BCUT2D eigenvalue weighted by Gasteiger charge is 2.22. The molecule has 2 nitrogen and oxygen atoms in total. The van der Waals surface area contributed by atoms with E-state index < -0.39 is 6.10 Å². The Labute approximate surface area is 107 Å². The maximum Gasteiger partial charge on any atom is 0.138 e. The normalized spacial score (nSPS) is 16.7. The SMILES string of the molecule is Cc1c(CC(C)O)c(O)c(Cl)c2c1CCCC2. The van der Waals surface area contributed by atoms with Crippen molar-refractivity contribution in [2.45, 2.75) is 52.1 Å². The first kappa shape index (κ1) is 12.7. The number of aliphatic hydroxyl groups is 1. The Morgan fingerprint density at radius 2 is 1.82 bits per heavy atom. The average Bonchev–Trinajstić information content (AvgIpc) is 2.31. The molecule has 0 heterocycles. The van der Waals surface area contributed by atoms with Crippen LogP contribution in [0.15, 0.2) is 0 Å². The van der Waals surface area contributed by atoms with Crippen molar-refractivity contribution in [2.75, 3.05) is 0 Å². The summed E-state index contributed by atoms with van der Waals surface area (Å²) < 4.78 is 0. The third-order valence-electron chi connectivity index (χ3n) is 3.63. The number of aromatic hydroxyl groups is 1. The summed E-state index contributed by atoms with van der Waals surface area (Å²) in [6.07, 6.45) is 4.32. The third-order valence-corrected chi connectivity index (χ3v) is 4.04. The van der Waals surface area contributed by atoms with Crippen LogP contribution in [0.5, 0.6) is 5.75 Å². The standard InChI is InChI=1S/C14H19ClO2/c1-8(16)7-12-9(2)10-5-3-4-6-11(10)13(15)14(12)17/h8,16-17H,3-7H2,1-2H3. The number of hydrogen-bond donors (Lipinski definition) is 2. The molecule has 2 rings (SSSR count). The molecule has 0 saturated carbocycles. The van der Waals surface area contributed by atoms with E-state index in [0.717, 1.165) is 36.0 Å². The van der Waals surface area contributed by atoms with Crippen LogP contribution < -0.4 is 0 Å². The van der Waals surface area contributed by atoms with Gasteiger partial charge in [0.2, 0.25) is 0 Å². The first-order valence-corrected chi connectivity index (χ1v) is 6.60. The van der Waals surface area contributed by atoms with Gasteiger partial charge in [-0.2, -0.15) is 0 Å². The summed E-state index contributed by atoms with van der Waals surface area (Å²) in [6, 6.07) is 0. The lowest BCUT2D eigenvalue weighted by atomic mass is 9.84. The molecule has 3 heteroatoms. The highest BCUT2D eigenvalue weighted by atomic mass is 35.5. The van der Waals surface area contributed by atoms with Crippen molar-refractivity contribution in [1.29, 1.82) is 0 Å². The molecule has 1 unspecified atom stereocenters. The van der Waals surface area contributed by atoms with E-state index >= 15 is 0 Å². The molecular formula is C14H19ClO2. The fourth-order valence-electron chi connectivity index (χ4n) is 2.74. The molecule has 1 aromatic rings. The van der Waals surface area contributed by atoms with Crippen LogP contribution >= 0.6 is 11.6 Å². The van der Waals surface area contributed by atoms with E-state index in [9.17, 15) is 10.2 Å². The van der Waals surface area contributed by atoms with Crippen LogP contribution in [0.2, 0.25) is 5.02 Å². The van der Waals surface area contributed by atoms with E-state index in [1.807, 2.05) is 6.92 Å². The molecule has 0 aromatic heterocycles. The van der Waals surface area contributed by atoms with Gasteiger partial charge in [0.1, 0.15) is 5.75 Å². The van der Waals surface area contributed by atoms with Gasteiger partial charge in [-0.15, -0.1) is 0 Å². The van der Waals surface area contributed by atoms with Crippen molar-refractivity contribution in [3.8, 4) is 5.75 Å². The van der Waals surface area contributed by atoms with Gasteiger partial charge in [-0.1, -0.05) is 11.6 Å². The van der Waals surface area contributed by atoms with E-state index in [4.69, 9.17) is 11.6 Å². The van der Waals surface area contributed by atoms with Crippen molar-refractivity contribution in [2.24, 2.45) is 0 Å². The average molecular weight is 255 g/mol. The largest absolute Gasteiger partial charge is 0.506 e. The van der Waals surface area contributed by atoms with Crippen LogP contribution in [0.4, 0.5) is 0 Å². The van der Waals surface area contributed by atoms with Crippen LogP contribution in [-0.2, 0) is 19.3 Å². The van der Waals surface area contributed by atoms with Gasteiger partial charge in [-0.05, 0) is 56.2 Å². The Hall–Kier alpha value is -0.730. The van der Waals surface area contributed by atoms with Gasteiger partial charge in [0.25, 0.3) is 0 Å². The fraction of sp³-hybridized carbons (Fsp3) is 0.571. The first-order valence-electron chi connectivity index (χ1n) is 6.22. The molecule has 2 N–H and O–H groups in total. The number of rotatable bonds is 2. The Bertz CT molecular complexity index is 439. The summed E-state index contributed by atoms with van der Waals surface area (Å²) in [5, 5.41) is 20.1. The molecule has 0 saturated heterocycles. The van der Waals surface area contributed by atoms with Crippen molar-refractivity contribution in [1.82, 2.24) is 0 Å². The summed E-state index contributed by atoms with van der Waals surface area (Å²) in [4.78, 5) is 0. The van der Waals surface area contributed by atoms with Gasteiger partial charge in [-0.25, -0.2) is 0 Å². The van der Waals surface area contributed by atoms with E-state index in [2.05, 4.69) is 0 Å². The summed E-state index contributed by atoms with van der Waals surface area (Å²) in [6.45, 7) is 3.75. The van der Waals surface area contributed by atoms with Crippen LogP contribution in [0, 0.1) is 6.92 Å². The molecule has 1 aliphatic carbocycles. The molecule has 17 heavy (non-hydrogen) atoms. The zero-order valence-electron chi connectivity index (χ0n) is 10.4. The number of phenolic OH excluding ortho intramolecular Hbond substituents is 1. The van der Waals surface area contributed by atoms with E-state index in [0.29, 0.717) is 11.4 Å². The molecule has 0 amide bonds. The van der Waals surface area contributed by atoms with Crippen LogP contribution in [0.3, 0.4) is 0 Å².